The normalized spacial score (nSPS) is 18.4. The zero-order chi connectivity index (χ0) is 20.7. The molecule has 3 heterocycles. The second-order valence-electron chi connectivity index (χ2n) is 7.15. The number of carbonyl (C=O) groups is 1. The highest BCUT2D eigenvalue weighted by atomic mass is 127. The van der Waals surface area contributed by atoms with Gasteiger partial charge in [0.25, 0.3) is 0 Å². The molecule has 2 saturated heterocycles. The summed E-state index contributed by atoms with van der Waals surface area (Å²) in [5, 5.41) is 4.96. The van der Waals surface area contributed by atoms with Gasteiger partial charge in [-0.25, -0.2) is 13.1 Å². The van der Waals surface area contributed by atoms with E-state index in [9.17, 15) is 13.2 Å². The van der Waals surface area contributed by atoms with Crippen molar-refractivity contribution in [2.45, 2.75) is 17.1 Å². The summed E-state index contributed by atoms with van der Waals surface area (Å²) in [6.07, 6.45) is 2.23. The van der Waals surface area contributed by atoms with Crippen LogP contribution in [0.1, 0.15) is 12.8 Å². The van der Waals surface area contributed by atoms with E-state index in [1.54, 1.807) is 24.6 Å². The van der Waals surface area contributed by atoms with Crippen molar-refractivity contribution >= 4 is 57.2 Å². The lowest BCUT2D eigenvalue weighted by atomic mass is 10.3. The number of aliphatic imine (C=N–C) groups is 1. The monoisotopic (exact) mass is 570 g/mol. The van der Waals surface area contributed by atoms with Gasteiger partial charge in [0.15, 0.2) is 5.96 Å². The van der Waals surface area contributed by atoms with Crippen molar-refractivity contribution in [2.75, 3.05) is 66.0 Å². The van der Waals surface area contributed by atoms with Crippen LogP contribution in [0.25, 0.3) is 0 Å². The van der Waals surface area contributed by atoms with Gasteiger partial charge in [-0.05, 0) is 24.3 Å². The molecule has 2 N–H and O–H groups in total. The Balaban J connectivity index is 0.00000320. The van der Waals surface area contributed by atoms with Gasteiger partial charge in [0.1, 0.15) is 4.21 Å². The number of piperazine rings is 1. The molecule has 0 unspecified atom stereocenters. The highest BCUT2D eigenvalue weighted by molar-refractivity contribution is 14.0. The van der Waals surface area contributed by atoms with Crippen LogP contribution in [-0.4, -0.2) is 101 Å². The Hall–Kier alpha value is -0.960. The molecule has 0 atom stereocenters. The number of guanidine groups is 1. The van der Waals surface area contributed by atoms with E-state index < -0.39 is 10.0 Å². The molecule has 170 valence electrons. The van der Waals surface area contributed by atoms with Crippen LogP contribution in [0.2, 0.25) is 0 Å². The van der Waals surface area contributed by atoms with Crippen molar-refractivity contribution in [2.24, 2.45) is 4.99 Å². The van der Waals surface area contributed by atoms with E-state index >= 15 is 0 Å². The summed E-state index contributed by atoms with van der Waals surface area (Å²) in [6, 6.07) is 3.31. The Morgan fingerprint density at radius 1 is 1.10 bits per heavy atom. The maximum absolute atomic E-state index is 12.3. The van der Waals surface area contributed by atoms with Gasteiger partial charge in [0.05, 0.1) is 6.54 Å². The molecule has 0 aromatic carbocycles. The Morgan fingerprint density at radius 3 is 2.40 bits per heavy atom. The van der Waals surface area contributed by atoms with Crippen LogP contribution in [0.3, 0.4) is 0 Å². The lowest BCUT2D eigenvalue weighted by molar-refractivity contribution is -0.131. The fourth-order valence-electron chi connectivity index (χ4n) is 3.56. The molecule has 0 bridgehead atoms. The maximum Gasteiger partial charge on any atom is 0.250 e. The van der Waals surface area contributed by atoms with Crippen molar-refractivity contribution in [3.8, 4) is 0 Å². The van der Waals surface area contributed by atoms with Gasteiger partial charge in [-0.15, -0.1) is 35.3 Å². The number of thiophene rings is 1. The SMILES string of the molecule is CN=C(NCCNS(=O)(=O)c1cccs1)N1CCN(CC(=O)N2CCCC2)CC1.I. The molecule has 1 aromatic heterocycles. The number of amides is 1. The number of sulfonamides is 1. The van der Waals surface area contributed by atoms with Crippen molar-refractivity contribution < 1.29 is 13.2 Å². The number of likely N-dealkylation sites (tertiary alicyclic amines) is 1. The van der Waals surface area contributed by atoms with Gasteiger partial charge >= 0.3 is 0 Å². The molecular weight excluding hydrogens is 539 g/mol. The van der Waals surface area contributed by atoms with Crippen molar-refractivity contribution in [1.29, 1.82) is 0 Å². The second-order valence-corrected chi connectivity index (χ2v) is 10.1. The van der Waals surface area contributed by atoms with Crippen LogP contribution in [0.5, 0.6) is 0 Å². The molecular formula is C18H31IN6O3S2. The number of halogens is 1. The molecule has 3 rings (SSSR count). The third-order valence-corrected chi connectivity index (χ3v) is 8.02. The summed E-state index contributed by atoms with van der Waals surface area (Å²) in [6.45, 7) is 6.20. The van der Waals surface area contributed by atoms with Crippen LogP contribution in [0, 0.1) is 0 Å². The Morgan fingerprint density at radius 2 is 1.80 bits per heavy atom. The summed E-state index contributed by atoms with van der Waals surface area (Å²) < 4.78 is 27.2. The standard InChI is InChI=1S/C18H30N6O3S2.HI/c1-19-18(20-6-7-21-29(26,27)17-5-4-14-28-17)24-12-10-22(11-13-24)15-16(25)23-8-2-3-9-23;/h4-5,14,21H,2-3,6-13,15H2,1H3,(H,19,20);1H. The van der Waals surface area contributed by atoms with Gasteiger partial charge in [0.2, 0.25) is 15.9 Å². The number of nitrogens with zero attached hydrogens (tertiary/aromatic N) is 4. The molecule has 2 aliphatic rings. The molecule has 30 heavy (non-hydrogen) atoms. The van der Waals surface area contributed by atoms with Crippen molar-refractivity contribution in [1.82, 2.24) is 24.7 Å². The van der Waals surface area contributed by atoms with E-state index in [1.807, 2.05) is 4.90 Å². The first-order chi connectivity index (χ1) is 14.0. The van der Waals surface area contributed by atoms with Crippen LogP contribution < -0.4 is 10.0 Å². The molecule has 12 heteroatoms. The molecule has 1 aromatic rings. The largest absolute Gasteiger partial charge is 0.355 e. The van der Waals surface area contributed by atoms with E-state index in [0.29, 0.717) is 17.3 Å². The zero-order valence-electron chi connectivity index (χ0n) is 17.2. The predicted molar refractivity (Wildman–Crippen MR) is 130 cm³/mol. The van der Waals surface area contributed by atoms with E-state index in [4.69, 9.17) is 0 Å². The van der Waals surface area contributed by atoms with Crippen LogP contribution in [0.4, 0.5) is 0 Å². The van der Waals surface area contributed by atoms with Crippen LogP contribution in [0.15, 0.2) is 26.7 Å². The lowest BCUT2D eigenvalue weighted by Gasteiger charge is -2.36. The third-order valence-electron chi connectivity index (χ3n) is 5.16. The number of hydrogen-bond donors (Lipinski definition) is 2. The van der Waals surface area contributed by atoms with Crippen molar-refractivity contribution in [3.63, 3.8) is 0 Å². The Bertz CT molecular complexity index is 789. The minimum atomic E-state index is -3.44. The van der Waals surface area contributed by atoms with E-state index in [0.717, 1.165) is 58.1 Å². The number of hydrogen-bond acceptors (Lipinski definition) is 6. The van der Waals surface area contributed by atoms with Gasteiger partial charge < -0.3 is 15.1 Å². The highest BCUT2D eigenvalue weighted by Crippen LogP contribution is 2.14. The summed E-state index contributed by atoms with van der Waals surface area (Å²) in [5.41, 5.74) is 0. The fraction of sp³-hybridized carbons (Fsp3) is 0.667. The minimum absolute atomic E-state index is 0. The Kier molecular flexibility index (Phi) is 10.3. The summed E-state index contributed by atoms with van der Waals surface area (Å²) in [4.78, 5) is 22.9. The molecule has 9 nitrogen and oxygen atoms in total. The first-order valence-corrected chi connectivity index (χ1v) is 12.3. The highest BCUT2D eigenvalue weighted by Gasteiger charge is 2.24. The topological polar surface area (TPSA) is 97.3 Å². The molecule has 2 fully saturated rings. The average molecular weight is 571 g/mol. The van der Waals surface area contributed by atoms with Crippen LogP contribution in [-0.2, 0) is 14.8 Å². The lowest BCUT2D eigenvalue weighted by Crippen LogP contribution is -2.54. The molecule has 0 saturated carbocycles. The zero-order valence-corrected chi connectivity index (χ0v) is 21.2. The number of carbonyl (C=O) groups excluding carboxylic acids is 1. The first kappa shape index (κ1) is 25.3. The average Bonchev–Trinajstić information content (AvgIpc) is 3.43. The van der Waals surface area contributed by atoms with Gasteiger partial charge in [-0.1, -0.05) is 6.07 Å². The third kappa shape index (κ3) is 7.04. The smallest absolute Gasteiger partial charge is 0.250 e. The molecule has 1 amide bonds. The Labute approximate surface area is 200 Å². The van der Waals surface area contributed by atoms with Crippen LogP contribution >= 0.6 is 35.3 Å². The van der Waals surface area contributed by atoms with Gasteiger partial charge in [-0.2, -0.15) is 0 Å². The quantitative estimate of drug-likeness (QED) is 0.214. The summed E-state index contributed by atoms with van der Waals surface area (Å²) in [7, 11) is -1.72. The second kappa shape index (κ2) is 12.2. The van der Waals surface area contributed by atoms with E-state index in [-0.39, 0.29) is 36.4 Å². The maximum atomic E-state index is 12.3. The minimum Gasteiger partial charge on any atom is -0.355 e. The summed E-state index contributed by atoms with van der Waals surface area (Å²) >= 11 is 1.20. The van der Waals surface area contributed by atoms with E-state index in [1.165, 1.54) is 11.3 Å². The van der Waals surface area contributed by atoms with Crippen molar-refractivity contribution in [3.05, 3.63) is 17.5 Å². The van der Waals surface area contributed by atoms with E-state index in [2.05, 4.69) is 24.8 Å². The number of rotatable bonds is 7. The molecule has 0 spiro atoms. The number of nitrogens with one attached hydrogen (secondary N) is 2. The van der Waals surface area contributed by atoms with Gasteiger partial charge in [0, 0.05) is 59.4 Å². The fourth-order valence-corrected chi connectivity index (χ4v) is 5.62. The molecule has 2 aliphatic heterocycles. The molecule has 0 radical (unpaired) electrons. The predicted octanol–water partition coefficient (Wildman–Crippen LogP) is 0.460. The van der Waals surface area contributed by atoms with Gasteiger partial charge in [-0.3, -0.25) is 14.7 Å². The summed E-state index contributed by atoms with van der Waals surface area (Å²) in [5.74, 6) is 0.988. The molecule has 0 aliphatic carbocycles. The first-order valence-electron chi connectivity index (χ1n) is 9.98.